The molecule has 0 aromatic heterocycles. The summed E-state index contributed by atoms with van der Waals surface area (Å²) in [5.74, 6) is 0. The molecule has 1 rings (SSSR count). The lowest BCUT2D eigenvalue weighted by atomic mass is 10.3. The second kappa shape index (κ2) is 36.3. The van der Waals surface area contributed by atoms with E-state index in [9.17, 15) is 0 Å². The third-order valence-electron chi connectivity index (χ3n) is 7.80. The first-order chi connectivity index (χ1) is 23.2. The first-order valence-electron chi connectivity index (χ1n) is 18.6. The van der Waals surface area contributed by atoms with E-state index in [0.29, 0.717) is 59.5 Å². The molecule has 282 valence electrons. The molecule has 1 heterocycles. The summed E-state index contributed by atoms with van der Waals surface area (Å²) in [7, 11) is -0.169. The van der Waals surface area contributed by atoms with Crippen LogP contribution in [0, 0.1) is 0 Å². The zero-order chi connectivity index (χ0) is 33.9. The normalized spacial score (nSPS) is 17.8. The molecule has 0 aromatic carbocycles. The minimum atomic E-state index is -0.0846. The van der Waals surface area contributed by atoms with E-state index >= 15 is 0 Å². The van der Waals surface area contributed by atoms with Crippen LogP contribution in [-0.4, -0.2) is 180 Å². The molecule has 0 radical (unpaired) electrons. The Hall–Kier alpha value is 0.460. The monoisotopic (exact) mass is 713 g/mol. The molecule has 0 spiro atoms. The van der Waals surface area contributed by atoms with Gasteiger partial charge in [0, 0.05) is 72.5 Å². The Kier molecular flexibility index (Phi) is 35.1. The Morgan fingerprint density at radius 1 is 0.489 bits per heavy atom. The predicted molar refractivity (Wildman–Crippen MR) is 197 cm³/mol. The predicted octanol–water partition coefficient (Wildman–Crippen LogP) is 5.42. The van der Waals surface area contributed by atoms with Gasteiger partial charge >= 0.3 is 0 Å². The van der Waals surface area contributed by atoms with Crippen LogP contribution in [0.15, 0.2) is 0 Å². The number of nitrogens with zero attached hydrogens (tertiary/aromatic N) is 1. The zero-order valence-electron chi connectivity index (χ0n) is 30.8. The Balaban J connectivity index is 2.93. The summed E-state index contributed by atoms with van der Waals surface area (Å²) in [6.07, 6.45) is 12.1. The molecule has 10 nitrogen and oxygen atoms in total. The maximum absolute atomic E-state index is 6.40. The van der Waals surface area contributed by atoms with E-state index in [2.05, 4.69) is 32.6 Å². The molecule has 0 N–H and O–H groups in total. The Labute approximate surface area is 291 Å². The van der Waals surface area contributed by atoms with Crippen LogP contribution in [0.5, 0.6) is 0 Å². The molecule has 1 unspecified atom stereocenters. The SMILES string of the molecule is CCOCCCP(CCCOCC)CCN(CCP(CCCOCC)CCCOCC)CC1COCCOCCOCCOCCO1. The molecule has 0 aliphatic carbocycles. The van der Waals surface area contributed by atoms with Crippen molar-refractivity contribution in [3.63, 3.8) is 0 Å². The first-order valence-corrected chi connectivity index (χ1v) is 22.4. The van der Waals surface area contributed by atoms with Gasteiger partial charge in [0.05, 0.1) is 65.6 Å². The minimum absolute atomic E-state index is 0.00995. The van der Waals surface area contributed by atoms with Gasteiger partial charge in [0.25, 0.3) is 0 Å². The highest BCUT2D eigenvalue weighted by atomic mass is 31.1. The summed E-state index contributed by atoms with van der Waals surface area (Å²) in [6.45, 7) is 23.1. The van der Waals surface area contributed by atoms with E-state index in [1.165, 1.54) is 37.0 Å². The molecule has 1 aliphatic rings. The number of hydrogen-bond acceptors (Lipinski definition) is 10. The second-order valence-electron chi connectivity index (χ2n) is 11.6. The van der Waals surface area contributed by atoms with Crippen molar-refractivity contribution in [2.24, 2.45) is 0 Å². The third-order valence-corrected chi connectivity index (χ3v) is 13.3. The molecule has 1 atom stereocenters. The molecule has 1 aliphatic heterocycles. The Morgan fingerprint density at radius 2 is 0.851 bits per heavy atom. The first kappa shape index (κ1) is 45.5. The summed E-state index contributed by atoms with van der Waals surface area (Å²) >= 11 is 0. The van der Waals surface area contributed by atoms with Gasteiger partial charge in [-0.1, -0.05) is 0 Å². The maximum Gasteiger partial charge on any atom is 0.0936 e. The van der Waals surface area contributed by atoms with E-state index < -0.39 is 0 Å². The van der Waals surface area contributed by atoms with Gasteiger partial charge in [-0.05, 0) is 90.3 Å². The van der Waals surface area contributed by atoms with Crippen molar-refractivity contribution in [2.75, 3.05) is 169 Å². The standard InChI is InChI=1S/C35H73NO9P2/c1-5-37-15-9-27-46(28-10-16-38-6-2)31-13-36(14-32-47(29-11-17-39-7-3)30-12-18-40-8-4)33-35-34-44-24-23-42-20-19-41-21-22-43-25-26-45-35/h35H,5-34H2,1-4H3. The number of ether oxygens (including phenoxy) is 9. The van der Waals surface area contributed by atoms with Crippen molar-refractivity contribution in [1.82, 2.24) is 4.90 Å². The van der Waals surface area contributed by atoms with Gasteiger partial charge in [-0.3, -0.25) is 4.90 Å². The molecular formula is C35H73NO9P2. The molecule has 1 saturated heterocycles. The van der Waals surface area contributed by atoms with Crippen molar-refractivity contribution >= 4 is 15.8 Å². The van der Waals surface area contributed by atoms with Crippen LogP contribution >= 0.6 is 15.8 Å². The molecular weight excluding hydrogens is 640 g/mol. The van der Waals surface area contributed by atoms with E-state index in [-0.39, 0.29) is 21.9 Å². The summed E-state index contributed by atoms with van der Waals surface area (Å²) in [4.78, 5) is 2.67. The van der Waals surface area contributed by atoms with Gasteiger partial charge in [-0.2, -0.15) is 0 Å². The van der Waals surface area contributed by atoms with Gasteiger partial charge < -0.3 is 42.6 Å². The smallest absolute Gasteiger partial charge is 0.0936 e. The van der Waals surface area contributed by atoms with Gasteiger partial charge in [0.15, 0.2) is 0 Å². The summed E-state index contributed by atoms with van der Waals surface area (Å²) in [6, 6.07) is 0. The fraction of sp³-hybridized carbons (Fsp3) is 1.00. The van der Waals surface area contributed by atoms with E-state index in [1.54, 1.807) is 0 Å². The molecule has 0 saturated carbocycles. The molecule has 0 amide bonds. The van der Waals surface area contributed by atoms with E-state index in [0.717, 1.165) is 98.2 Å². The Morgan fingerprint density at radius 3 is 1.23 bits per heavy atom. The van der Waals surface area contributed by atoms with Crippen LogP contribution in [0.3, 0.4) is 0 Å². The van der Waals surface area contributed by atoms with Gasteiger partial charge in [0.2, 0.25) is 0 Å². The highest BCUT2D eigenvalue weighted by Crippen LogP contribution is 2.38. The zero-order valence-corrected chi connectivity index (χ0v) is 32.6. The Bertz CT molecular complexity index is 558. The summed E-state index contributed by atoms with van der Waals surface area (Å²) < 4.78 is 52.2. The second-order valence-corrected chi connectivity index (χ2v) is 17.0. The lowest BCUT2D eigenvalue weighted by Crippen LogP contribution is -2.40. The van der Waals surface area contributed by atoms with Crippen LogP contribution in [0.1, 0.15) is 53.4 Å². The molecule has 0 aromatic rings. The van der Waals surface area contributed by atoms with E-state index in [1.807, 2.05) is 0 Å². The lowest BCUT2D eigenvalue weighted by Gasteiger charge is -2.31. The van der Waals surface area contributed by atoms with Crippen LogP contribution in [0.25, 0.3) is 0 Å². The fourth-order valence-corrected chi connectivity index (χ4v) is 10.0. The average molecular weight is 714 g/mol. The van der Waals surface area contributed by atoms with Crippen molar-refractivity contribution < 1.29 is 42.6 Å². The largest absolute Gasteiger partial charge is 0.382 e. The highest BCUT2D eigenvalue weighted by molar-refractivity contribution is 7.57. The van der Waals surface area contributed by atoms with Crippen molar-refractivity contribution in [1.29, 1.82) is 0 Å². The average Bonchev–Trinajstić information content (AvgIpc) is 3.09. The molecule has 1 fully saturated rings. The number of hydrogen-bond donors (Lipinski definition) is 0. The van der Waals surface area contributed by atoms with Crippen molar-refractivity contribution in [3.8, 4) is 0 Å². The van der Waals surface area contributed by atoms with Crippen molar-refractivity contribution in [3.05, 3.63) is 0 Å². The van der Waals surface area contributed by atoms with Crippen LogP contribution < -0.4 is 0 Å². The summed E-state index contributed by atoms with van der Waals surface area (Å²) in [5.41, 5.74) is 0. The third kappa shape index (κ3) is 29.9. The van der Waals surface area contributed by atoms with Gasteiger partial charge in [-0.15, -0.1) is 15.8 Å². The minimum Gasteiger partial charge on any atom is -0.382 e. The molecule has 47 heavy (non-hydrogen) atoms. The van der Waals surface area contributed by atoms with E-state index in [4.69, 9.17) is 42.6 Å². The molecule has 12 heteroatoms. The quantitative estimate of drug-likeness (QED) is 0.0774. The van der Waals surface area contributed by atoms with Crippen LogP contribution in [0.2, 0.25) is 0 Å². The maximum atomic E-state index is 6.40. The van der Waals surface area contributed by atoms with Crippen LogP contribution in [-0.2, 0) is 42.6 Å². The van der Waals surface area contributed by atoms with Crippen LogP contribution in [0.4, 0.5) is 0 Å². The molecule has 0 bridgehead atoms. The van der Waals surface area contributed by atoms with Gasteiger partial charge in [-0.25, -0.2) is 0 Å². The van der Waals surface area contributed by atoms with Crippen molar-refractivity contribution in [2.45, 2.75) is 59.5 Å². The number of rotatable bonds is 28. The lowest BCUT2D eigenvalue weighted by molar-refractivity contribution is -0.0559. The topological polar surface area (TPSA) is 86.3 Å². The fourth-order valence-electron chi connectivity index (χ4n) is 5.26. The summed E-state index contributed by atoms with van der Waals surface area (Å²) in [5, 5.41) is 0. The highest BCUT2D eigenvalue weighted by Gasteiger charge is 2.19. The van der Waals surface area contributed by atoms with Gasteiger partial charge in [0.1, 0.15) is 0 Å².